The summed E-state index contributed by atoms with van der Waals surface area (Å²) in [7, 11) is 0. The van der Waals surface area contributed by atoms with Crippen molar-refractivity contribution in [3.63, 3.8) is 0 Å². The van der Waals surface area contributed by atoms with Crippen LogP contribution < -0.4 is 0 Å². The van der Waals surface area contributed by atoms with E-state index in [1.54, 1.807) is 0 Å². The summed E-state index contributed by atoms with van der Waals surface area (Å²) in [6.07, 6.45) is 10.8. The molecular formula is C14H20. The van der Waals surface area contributed by atoms with Crippen molar-refractivity contribution in [1.82, 2.24) is 0 Å². The van der Waals surface area contributed by atoms with Gasteiger partial charge in [0.05, 0.1) is 0 Å². The second-order valence-corrected chi connectivity index (χ2v) is 3.74. The second-order valence-electron chi connectivity index (χ2n) is 3.74. The van der Waals surface area contributed by atoms with E-state index in [1.807, 2.05) is 36.4 Å². The third-order valence-corrected chi connectivity index (χ3v) is 2.54. The molecule has 1 aliphatic rings. The molecule has 1 aliphatic carbocycles. The summed E-state index contributed by atoms with van der Waals surface area (Å²) in [5.41, 5.74) is 1.17. The molecule has 0 heteroatoms. The van der Waals surface area contributed by atoms with Gasteiger partial charge in [0.15, 0.2) is 0 Å². The molecule has 14 heavy (non-hydrogen) atoms. The molecule has 0 saturated heterocycles. The fraction of sp³-hybridized carbons (Fsp3) is 0.429. The van der Waals surface area contributed by atoms with Crippen LogP contribution in [-0.2, 0) is 0 Å². The summed E-state index contributed by atoms with van der Waals surface area (Å²) in [4.78, 5) is 0. The number of hydrogen-bond acceptors (Lipinski definition) is 0. The Hall–Kier alpha value is -1.04. The molecule has 0 atom stereocenters. The van der Waals surface area contributed by atoms with Gasteiger partial charge in [-0.05, 0) is 5.56 Å². The van der Waals surface area contributed by atoms with Crippen LogP contribution in [0.1, 0.15) is 44.1 Å². The highest BCUT2D eigenvalue weighted by Crippen LogP contribution is 2.15. The van der Waals surface area contributed by atoms with Gasteiger partial charge in [0, 0.05) is 0 Å². The van der Waals surface area contributed by atoms with Gasteiger partial charge in [0.1, 0.15) is 0 Å². The minimum Gasteiger partial charge on any atom is -0.0985 e. The van der Waals surface area contributed by atoms with E-state index in [4.69, 9.17) is 0 Å². The second kappa shape index (κ2) is 7.37. The summed E-state index contributed by atoms with van der Waals surface area (Å²) in [5, 5.41) is 0. The zero-order valence-corrected chi connectivity index (χ0v) is 8.91. The Bertz CT molecular complexity index is 220. The van der Waals surface area contributed by atoms with Crippen molar-refractivity contribution in [2.75, 3.05) is 0 Å². The zero-order valence-electron chi connectivity index (χ0n) is 8.91. The van der Waals surface area contributed by atoms with Crippen LogP contribution in [0.15, 0.2) is 36.9 Å². The summed E-state index contributed by atoms with van der Waals surface area (Å²) < 4.78 is 0. The first-order valence-corrected chi connectivity index (χ1v) is 5.61. The molecule has 2 rings (SSSR count). The molecule has 76 valence electrons. The Labute approximate surface area is 87.7 Å². The average molecular weight is 188 g/mol. The van der Waals surface area contributed by atoms with Crippen molar-refractivity contribution < 1.29 is 0 Å². The molecule has 1 saturated carbocycles. The van der Waals surface area contributed by atoms with Crippen molar-refractivity contribution in [1.29, 1.82) is 0 Å². The number of rotatable bonds is 1. The van der Waals surface area contributed by atoms with Crippen LogP contribution in [0.3, 0.4) is 0 Å². The largest absolute Gasteiger partial charge is 0.0985 e. The van der Waals surface area contributed by atoms with E-state index >= 15 is 0 Å². The van der Waals surface area contributed by atoms with Crippen molar-refractivity contribution in [3.8, 4) is 0 Å². The summed E-state index contributed by atoms with van der Waals surface area (Å²) in [6, 6.07) is 10.0. The molecule has 0 bridgehead atoms. The lowest BCUT2D eigenvalue weighted by Crippen LogP contribution is -1.85. The number of hydrogen-bond donors (Lipinski definition) is 0. The Morgan fingerprint density at radius 1 is 0.786 bits per heavy atom. The van der Waals surface area contributed by atoms with E-state index in [0.717, 1.165) is 0 Å². The molecule has 0 N–H and O–H groups in total. The lowest BCUT2D eigenvalue weighted by molar-refractivity contribution is 0.504. The van der Waals surface area contributed by atoms with Crippen LogP contribution in [0, 0.1) is 0 Å². The van der Waals surface area contributed by atoms with Gasteiger partial charge in [-0.3, -0.25) is 0 Å². The minimum atomic E-state index is 1.17. The third kappa shape index (κ3) is 4.86. The third-order valence-electron chi connectivity index (χ3n) is 2.54. The lowest BCUT2D eigenvalue weighted by atomic mass is 10.0. The van der Waals surface area contributed by atoms with Crippen LogP contribution in [0.2, 0.25) is 0 Å². The van der Waals surface area contributed by atoms with E-state index < -0.39 is 0 Å². The molecule has 0 spiro atoms. The normalized spacial score (nSPS) is 15.1. The first kappa shape index (κ1) is 11.0. The first-order chi connectivity index (χ1) is 6.93. The van der Waals surface area contributed by atoms with E-state index in [2.05, 4.69) is 6.58 Å². The van der Waals surface area contributed by atoms with Gasteiger partial charge in [0.25, 0.3) is 0 Å². The molecule has 0 aliphatic heterocycles. The van der Waals surface area contributed by atoms with Crippen LogP contribution in [0.25, 0.3) is 6.08 Å². The van der Waals surface area contributed by atoms with E-state index in [-0.39, 0.29) is 0 Å². The van der Waals surface area contributed by atoms with E-state index in [9.17, 15) is 0 Å². The highest BCUT2D eigenvalue weighted by molar-refractivity contribution is 5.45. The van der Waals surface area contributed by atoms with Crippen LogP contribution in [0.5, 0.6) is 0 Å². The Morgan fingerprint density at radius 2 is 1.21 bits per heavy atom. The zero-order chi connectivity index (χ0) is 10.1. The Kier molecular flexibility index (Phi) is 5.81. The maximum Gasteiger partial charge on any atom is -0.0263 e. The predicted octanol–water partition coefficient (Wildman–Crippen LogP) is 4.67. The fourth-order valence-electron chi connectivity index (χ4n) is 1.65. The molecule has 0 aromatic heterocycles. The number of benzene rings is 1. The lowest BCUT2D eigenvalue weighted by Gasteiger charge is -2.05. The molecular weight excluding hydrogens is 168 g/mol. The van der Waals surface area contributed by atoms with Gasteiger partial charge < -0.3 is 0 Å². The van der Waals surface area contributed by atoms with Crippen molar-refractivity contribution in [2.45, 2.75) is 38.5 Å². The highest BCUT2D eigenvalue weighted by atomic mass is 14.0. The van der Waals surface area contributed by atoms with Gasteiger partial charge in [-0.2, -0.15) is 0 Å². The molecule has 1 fully saturated rings. The SMILES string of the molecule is C1CCCCC1.C=Cc1ccccc1. The first-order valence-electron chi connectivity index (χ1n) is 5.61. The van der Waals surface area contributed by atoms with Gasteiger partial charge >= 0.3 is 0 Å². The fourth-order valence-corrected chi connectivity index (χ4v) is 1.65. The van der Waals surface area contributed by atoms with Crippen LogP contribution in [0.4, 0.5) is 0 Å². The maximum absolute atomic E-state index is 3.63. The summed E-state index contributed by atoms with van der Waals surface area (Å²) in [6.45, 7) is 3.63. The Morgan fingerprint density at radius 3 is 1.50 bits per heavy atom. The van der Waals surface area contributed by atoms with Gasteiger partial charge in [-0.25, -0.2) is 0 Å². The summed E-state index contributed by atoms with van der Waals surface area (Å²) >= 11 is 0. The molecule has 1 aromatic carbocycles. The standard InChI is InChI=1S/C8H8.C6H12/c1-2-8-6-4-3-5-7-8;1-2-4-6-5-3-1/h2-7H,1H2;1-6H2. The van der Waals surface area contributed by atoms with Gasteiger partial charge in [-0.15, -0.1) is 0 Å². The van der Waals surface area contributed by atoms with Crippen molar-refractivity contribution in [2.24, 2.45) is 0 Å². The predicted molar refractivity (Wildman–Crippen MR) is 64.2 cm³/mol. The smallest absolute Gasteiger partial charge is 0.0263 e. The molecule has 0 nitrogen and oxygen atoms in total. The average Bonchev–Trinajstić information content (AvgIpc) is 2.33. The summed E-state index contributed by atoms with van der Waals surface area (Å²) in [5.74, 6) is 0. The van der Waals surface area contributed by atoms with Crippen molar-refractivity contribution in [3.05, 3.63) is 42.5 Å². The molecule has 0 radical (unpaired) electrons. The maximum atomic E-state index is 3.63. The van der Waals surface area contributed by atoms with E-state index in [0.29, 0.717) is 0 Å². The van der Waals surface area contributed by atoms with Gasteiger partial charge in [-0.1, -0.05) is 81.5 Å². The van der Waals surface area contributed by atoms with Gasteiger partial charge in [0.2, 0.25) is 0 Å². The Balaban J connectivity index is 0.000000146. The molecule has 0 unspecified atom stereocenters. The minimum absolute atomic E-state index is 1.17. The molecule has 0 heterocycles. The van der Waals surface area contributed by atoms with Crippen LogP contribution in [-0.4, -0.2) is 0 Å². The topological polar surface area (TPSA) is 0 Å². The molecule has 0 amide bonds. The molecule has 1 aromatic rings. The van der Waals surface area contributed by atoms with Crippen molar-refractivity contribution >= 4 is 6.08 Å². The van der Waals surface area contributed by atoms with E-state index in [1.165, 1.54) is 44.1 Å². The van der Waals surface area contributed by atoms with Crippen LogP contribution >= 0.6 is 0 Å². The quantitative estimate of drug-likeness (QED) is 0.600. The highest BCUT2D eigenvalue weighted by Gasteiger charge is 1.95. The monoisotopic (exact) mass is 188 g/mol.